The van der Waals surface area contributed by atoms with E-state index in [0.717, 1.165) is 10.4 Å². The quantitative estimate of drug-likeness (QED) is 0.475. The van der Waals surface area contributed by atoms with E-state index in [4.69, 9.17) is 9.84 Å². The second-order valence-corrected chi connectivity index (χ2v) is 6.05. The average Bonchev–Trinajstić information content (AvgIpc) is 2.73. The summed E-state index contributed by atoms with van der Waals surface area (Å²) in [5.74, 6) is -0.726. The van der Waals surface area contributed by atoms with Gasteiger partial charge in [0.2, 0.25) is 0 Å². The maximum Gasteiger partial charge on any atom is 0.341 e. The van der Waals surface area contributed by atoms with E-state index in [0.29, 0.717) is 10.6 Å². The average molecular weight is 331 g/mol. The number of carbonyl (C=O) groups excluding carboxylic acids is 2. The molecule has 1 heterocycles. The van der Waals surface area contributed by atoms with Crippen LogP contribution in [0.25, 0.3) is 0 Å². The molecule has 1 atom stereocenters. The van der Waals surface area contributed by atoms with E-state index in [1.165, 1.54) is 11.3 Å². The monoisotopic (exact) mass is 331 g/mol. The fourth-order valence-corrected chi connectivity index (χ4v) is 2.89. The van der Waals surface area contributed by atoms with Crippen molar-refractivity contribution in [2.24, 2.45) is 0 Å². The van der Waals surface area contributed by atoms with Gasteiger partial charge in [-0.15, -0.1) is 11.3 Å². The van der Waals surface area contributed by atoms with E-state index in [-0.39, 0.29) is 32.2 Å². The van der Waals surface area contributed by atoms with Crippen molar-refractivity contribution in [1.29, 1.82) is 0 Å². The van der Waals surface area contributed by atoms with Crippen LogP contribution in [0.1, 0.15) is 27.7 Å². The Morgan fingerprint density at radius 1 is 1.41 bits per heavy atom. The molecular formula is C14H23N2O5S+. The lowest BCUT2D eigenvalue weighted by Crippen LogP contribution is -2.88. The molecule has 5 N–H and O–H groups in total. The van der Waals surface area contributed by atoms with E-state index in [1.54, 1.807) is 12.2 Å². The van der Waals surface area contributed by atoms with Crippen molar-refractivity contribution in [3.05, 3.63) is 16.0 Å². The third-order valence-electron chi connectivity index (χ3n) is 3.10. The molecule has 1 amide bonds. The molecular weight excluding hydrogens is 308 g/mol. The number of quaternary nitrogens is 1. The number of ether oxygens (including phenoxy) is 1. The van der Waals surface area contributed by atoms with Crippen LogP contribution in [0.15, 0.2) is 0 Å². The molecule has 1 aromatic rings. The summed E-state index contributed by atoms with van der Waals surface area (Å²) in [4.78, 5) is 24.8. The highest BCUT2D eigenvalue weighted by Crippen LogP contribution is 2.32. The fourth-order valence-electron chi connectivity index (χ4n) is 1.82. The van der Waals surface area contributed by atoms with Gasteiger partial charge in [-0.2, -0.15) is 0 Å². The van der Waals surface area contributed by atoms with Crippen LogP contribution in [0.2, 0.25) is 0 Å². The van der Waals surface area contributed by atoms with Gasteiger partial charge in [0.15, 0.2) is 6.54 Å². The Bertz CT molecular complexity index is 530. The number of anilines is 1. The topological polar surface area (TPSA) is 112 Å². The second kappa shape index (κ2) is 8.84. The molecule has 8 heteroatoms. The van der Waals surface area contributed by atoms with Gasteiger partial charge in [-0.1, -0.05) is 0 Å². The third kappa shape index (κ3) is 5.06. The van der Waals surface area contributed by atoms with E-state index >= 15 is 0 Å². The summed E-state index contributed by atoms with van der Waals surface area (Å²) in [6.07, 6.45) is -0.853. The number of hydrogen-bond acceptors (Lipinski definition) is 6. The molecule has 0 bridgehead atoms. The standard InChI is InChI=1S/C14H22N2O5S/c1-4-21-14(20)12-8(2)9(3)22-13(12)16-11(19)6-15-5-10(18)7-17/h10,15,17-18H,4-7H2,1-3H3,(H,16,19)/p+1/t10-/m1/s1. The lowest BCUT2D eigenvalue weighted by atomic mass is 10.1. The minimum Gasteiger partial charge on any atom is -0.462 e. The second-order valence-electron chi connectivity index (χ2n) is 4.82. The number of nitrogens with one attached hydrogen (secondary N) is 1. The summed E-state index contributed by atoms with van der Waals surface area (Å²) in [5.41, 5.74) is 1.20. The minimum atomic E-state index is -0.853. The van der Waals surface area contributed by atoms with Gasteiger partial charge in [0.1, 0.15) is 17.6 Å². The lowest BCUT2D eigenvalue weighted by Gasteiger charge is -2.08. The first-order valence-electron chi connectivity index (χ1n) is 7.08. The minimum absolute atomic E-state index is 0.0926. The first-order chi connectivity index (χ1) is 10.4. The molecule has 7 nitrogen and oxygen atoms in total. The maximum absolute atomic E-state index is 12.0. The van der Waals surface area contributed by atoms with Crippen LogP contribution in [-0.4, -0.2) is 54.5 Å². The van der Waals surface area contributed by atoms with Gasteiger partial charge in [0.05, 0.1) is 18.8 Å². The van der Waals surface area contributed by atoms with Crippen LogP contribution >= 0.6 is 11.3 Å². The van der Waals surface area contributed by atoms with Gasteiger partial charge < -0.3 is 25.6 Å². The summed E-state index contributed by atoms with van der Waals surface area (Å²) < 4.78 is 5.02. The highest BCUT2D eigenvalue weighted by atomic mass is 32.1. The molecule has 1 rings (SSSR count). The van der Waals surface area contributed by atoms with Crippen molar-refractivity contribution < 1.29 is 29.9 Å². The van der Waals surface area contributed by atoms with Crippen LogP contribution in [0.3, 0.4) is 0 Å². The molecule has 0 saturated heterocycles. The molecule has 0 fully saturated rings. The Morgan fingerprint density at radius 2 is 2.09 bits per heavy atom. The van der Waals surface area contributed by atoms with Crippen LogP contribution in [-0.2, 0) is 9.53 Å². The summed E-state index contributed by atoms with van der Waals surface area (Å²) in [6, 6.07) is 0. The summed E-state index contributed by atoms with van der Waals surface area (Å²) in [7, 11) is 0. The summed E-state index contributed by atoms with van der Waals surface area (Å²) >= 11 is 1.33. The van der Waals surface area contributed by atoms with Gasteiger partial charge in [-0.05, 0) is 26.3 Å². The molecule has 0 saturated carbocycles. The number of aliphatic hydroxyl groups excluding tert-OH is 2. The van der Waals surface area contributed by atoms with E-state index in [9.17, 15) is 14.7 Å². The van der Waals surface area contributed by atoms with Crippen molar-refractivity contribution in [2.75, 3.05) is 31.6 Å². The van der Waals surface area contributed by atoms with Gasteiger partial charge in [0, 0.05) is 4.88 Å². The van der Waals surface area contributed by atoms with Gasteiger partial charge in [-0.3, -0.25) is 4.79 Å². The van der Waals surface area contributed by atoms with E-state index < -0.39 is 12.1 Å². The first kappa shape index (κ1) is 18.6. The van der Waals surface area contributed by atoms with E-state index in [2.05, 4.69) is 5.32 Å². The van der Waals surface area contributed by atoms with Crippen LogP contribution in [0.4, 0.5) is 5.00 Å². The highest BCUT2D eigenvalue weighted by molar-refractivity contribution is 7.16. The van der Waals surface area contributed by atoms with Crippen LogP contribution in [0.5, 0.6) is 0 Å². The van der Waals surface area contributed by atoms with Gasteiger partial charge in [-0.25, -0.2) is 4.79 Å². The molecule has 0 spiro atoms. The zero-order chi connectivity index (χ0) is 16.7. The Hall–Kier alpha value is -1.48. The van der Waals surface area contributed by atoms with E-state index in [1.807, 2.05) is 13.8 Å². The lowest BCUT2D eigenvalue weighted by molar-refractivity contribution is -0.650. The number of amides is 1. The number of nitrogens with two attached hydrogens (primary N) is 1. The Balaban J connectivity index is 2.70. The number of aliphatic hydroxyl groups is 2. The number of aryl methyl sites for hydroxylation is 1. The van der Waals surface area contributed by atoms with Crippen molar-refractivity contribution in [1.82, 2.24) is 0 Å². The van der Waals surface area contributed by atoms with Crippen LogP contribution < -0.4 is 10.6 Å². The van der Waals surface area contributed by atoms with Crippen LogP contribution in [0, 0.1) is 13.8 Å². The molecule has 0 radical (unpaired) electrons. The zero-order valence-electron chi connectivity index (χ0n) is 13.0. The largest absolute Gasteiger partial charge is 0.462 e. The number of esters is 1. The van der Waals surface area contributed by atoms with Crippen molar-refractivity contribution >= 4 is 28.2 Å². The predicted molar refractivity (Wildman–Crippen MR) is 83.1 cm³/mol. The molecule has 0 unspecified atom stereocenters. The van der Waals surface area contributed by atoms with Crippen molar-refractivity contribution in [3.8, 4) is 0 Å². The maximum atomic E-state index is 12.0. The summed E-state index contributed by atoms with van der Waals surface area (Å²) in [5, 5.41) is 22.7. The van der Waals surface area contributed by atoms with Crippen molar-refractivity contribution in [3.63, 3.8) is 0 Å². The molecule has 0 aliphatic carbocycles. The van der Waals surface area contributed by atoms with Crippen molar-refractivity contribution in [2.45, 2.75) is 26.9 Å². The number of carbonyl (C=O) groups is 2. The van der Waals surface area contributed by atoms with Gasteiger partial charge in [0.25, 0.3) is 5.91 Å². The smallest absolute Gasteiger partial charge is 0.341 e. The molecule has 22 heavy (non-hydrogen) atoms. The zero-order valence-corrected chi connectivity index (χ0v) is 13.8. The summed E-state index contributed by atoms with van der Waals surface area (Å²) in [6.45, 7) is 5.68. The van der Waals surface area contributed by atoms with Gasteiger partial charge >= 0.3 is 5.97 Å². The molecule has 0 aliphatic rings. The molecule has 124 valence electrons. The predicted octanol–water partition coefficient (Wildman–Crippen LogP) is -0.603. The SMILES string of the molecule is CCOC(=O)c1c(NC(=O)C[NH2+]C[C@@H](O)CO)sc(C)c1C. The Kier molecular flexibility index (Phi) is 7.46. The molecule has 0 aliphatic heterocycles. The molecule has 1 aromatic heterocycles. The highest BCUT2D eigenvalue weighted by Gasteiger charge is 2.22. The number of hydrogen-bond donors (Lipinski definition) is 4. The normalized spacial score (nSPS) is 12.0. The fraction of sp³-hybridized carbons (Fsp3) is 0.571. The first-order valence-corrected chi connectivity index (χ1v) is 7.89. The molecule has 0 aromatic carbocycles. The Labute approximate surface area is 133 Å². The Morgan fingerprint density at radius 3 is 2.68 bits per heavy atom. The third-order valence-corrected chi connectivity index (χ3v) is 4.22. The number of thiophene rings is 1. The number of rotatable bonds is 8.